The van der Waals surface area contributed by atoms with E-state index in [-0.39, 0.29) is 5.91 Å². The first-order valence-electron chi connectivity index (χ1n) is 7.67. The molecule has 0 spiro atoms. The Morgan fingerprint density at radius 3 is 2.96 bits per heavy atom. The molecule has 0 radical (unpaired) electrons. The quantitative estimate of drug-likeness (QED) is 0.784. The van der Waals surface area contributed by atoms with Gasteiger partial charge in [0.1, 0.15) is 18.1 Å². The zero-order valence-electron chi connectivity index (χ0n) is 13.5. The summed E-state index contributed by atoms with van der Waals surface area (Å²) in [5.74, 6) is 0.672. The maximum Gasteiger partial charge on any atom is 0.221 e. The molecule has 1 aromatic carbocycles. The van der Waals surface area contributed by atoms with Gasteiger partial charge in [-0.25, -0.2) is 4.98 Å². The van der Waals surface area contributed by atoms with Crippen LogP contribution in [0.5, 0.6) is 5.75 Å². The fraction of sp³-hybridized carbons (Fsp3) is 0.235. The zero-order chi connectivity index (χ0) is 16.7. The molecule has 1 N–H and O–H groups in total. The van der Waals surface area contributed by atoms with Crippen LogP contribution in [0.25, 0.3) is 11.4 Å². The highest BCUT2D eigenvalue weighted by Gasteiger charge is 2.18. The van der Waals surface area contributed by atoms with E-state index in [9.17, 15) is 4.79 Å². The van der Waals surface area contributed by atoms with Gasteiger partial charge in [-0.1, -0.05) is 6.07 Å². The molecule has 0 saturated carbocycles. The highest BCUT2D eigenvalue weighted by Crippen LogP contribution is 2.29. The minimum Gasteiger partial charge on any atom is -0.487 e. The summed E-state index contributed by atoms with van der Waals surface area (Å²) in [5, 5.41) is 7.46. The third-order valence-corrected chi connectivity index (χ3v) is 4.03. The molecular formula is C17H17N5O2. The lowest BCUT2D eigenvalue weighted by Crippen LogP contribution is -2.06. The summed E-state index contributed by atoms with van der Waals surface area (Å²) in [5.41, 5.74) is 4.62. The third kappa shape index (κ3) is 2.54. The molecule has 4 rings (SSSR count). The van der Waals surface area contributed by atoms with Gasteiger partial charge in [0, 0.05) is 31.3 Å². The van der Waals surface area contributed by atoms with E-state index in [2.05, 4.69) is 15.4 Å². The van der Waals surface area contributed by atoms with E-state index in [0.29, 0.717) is 13.2 Å². The maximum atomic E-state index is 11.2. The monoisotopic (exact) mass is 323 g/mol. The second-order valence-electron chi connectivity index (χ2n) is 5.86. The van der Waals surface area contributed by atoms with Gasteiger partial charge in [0.15, 0.2) is 0 Å². The van der Waals surface area contributed by atoms with Gasteiger partial charge in [-0.2, -0.15) is 5.10 Å². The molecule has 3 heterocycles. The van der Waals surface area contributed by atoms with Gasteiger partial charge in [0.25, 0.3) is 0 Å². The van der Waals surface area contributed by atoms with Crippen LogP contribution in [0.3, 0.4) is 0 Å². The van der Waals surface area contributed by atoms with Crippen molar-refractivity contribution in [3.05, 3.63) is 48.0 Å². The number of imidazole rings is 1. The summed E-state index contributed by atoms with van der Waals surface area (Å²) < 4.78 is 9.82. The summed E-state index contributed by atoms with van der Waals surface area (Å²) in [4.78, 5) is 15.3. The number of amides is 1. The molecule has 0 atom stereocenters. The number of nitrogens with one attached hydrogen (secondary N) is 1. The lowest BCUT2D eigenvalue weighted by atomic mass is 10.2. The number of nitrogens with zero attached hydrogens (tertiary/aromatic N) is 4. The van der Waals surface area contributed by atoms with E-state index < -0.39 is 0 Å². The van der Waals surface area contributed by atoms with Crippen molar-refractivity contribution in [1.82, 2.24) is 19.3 Å². The largest absolute Gasteiger partial charge is 0.487 e. The molecule has 0 bridgehead atoms. The Labute approximate surface area is 138 Å². The average Bonchev–Trinajstić information content (AvgIpc) is 3.09. The number of aryl methyl sites for hydroxylation is 1. The van der Waals surface area contributed by atoms with Crippen LogP contribution in [0, 0.1) is 0 Å². The van der Waals surface area contributed by atoms with Crippen LogP contribution >= 0.6 is 0 Å². The summed E-state index contributed by atoms with van der Waals surface area (Å²) >= 11 is 0. The van der Waals surface area contributed by atoms with Crippen LogP contribution < -0.4 is 10.1 Å². The zero-order valence-corrected chi connectivity index (χ0v) is 13.5. The molecule has 1 aliphatic rings. The molecular weight excluding hydrogens is 306 g/mol. The van der Waals surface area contributed by atoms with Crippen molar-refractivity contribution in [2.24, 2.45) is 7.05 Å². The third-order valence-electron chi connectivity index (χ3n) is 4.03. The molecule has 0 fully saturated rings. The van der Waals surface area contributed by atoms with E-state index in [1.54, 1.807) is 12.5 Å². The van der Waals surface area contributed by atoms with Crippen LogP contribution in [-0.2, 0) is 25.0 Å². The first kappa shape index (κ1) is 14.5. The molecule has 24 heavy (non-hydrogen) atoms. The van der Waals surface area contributed by atoms with Gasteiger partial charge in [-0.15, -0.1) is 0 Å². The Morgan fingerprint density at radius 1 is 1.33 bits per heavy atom. The first-order valence-corrected chi connectivity index (χ1v) is 7.67. The van der Waals surface area contributed by atoms with Gasteiger partial charge in [-0.3, -0.25) is 9.48 Å². The number of ether oxygens (including phenoxy) is 1. The molecule has 1 amide bonds. The van der Waals surface area contributed by atoms with Crippen LogP contribution in [0.1, 0.15) is 18.2 Å². The van der Waals surface area contributed by atoms with Gasteiger partial charge in [0.2, 0.25) is 5.91 Å². The predicted molar refractivity (Wildman–Crippen MR) is 88.6 cm³/mol. The number of hydrogen-bond acceptors (Lipinski definition) is 4. The normalized spacial score (nSPS) is 12.8. The molecule has 0 unspecified atom stereocenters. The number of aromatic nitrogens is 4. The summed E-state index contributed by atoms with van der Waals surface area (Å²) in [6.07, 6.45) is 3.56. The summed E-state index contributed by atoms with van der Waals surface area (Å²) in [7, 11) is 1.95. The van der Waals surface area contributed by atoms with Crippen molar-refractivity contribution in [1.29, 1.82) is 0 Å². The van der Waals surface area contributed by atoms with Crippen LogP contribution in [0.2, 0.25) is 0 Å². The molecule has 7 heteroatoms. The minimum absolute atomic E-state index is 0.0997. The predicted octanol–water partition coefficient (Wildman–Crippen LogP) is 2.18. The van der Waals surface area contributed by atoms with Gasteiger partial charge in [-0.05, 0) is 12.1 Å². The molecule has 7 nitrogen and oxygen atoms in total. The number of fused-ring (bicyclic) bond motifs is 2. The number of carbonyl (C=O) groups is 1. The topological polar surface area (TPSA) is 74.0 Å². The van der Waals surface area contributed by atoms with E-state index in [4.69, 9.17) is 4.74 Å². The number of hydrogen-bond donors (Lipinski definition) is 1. The first-order chi connectivity index (χ1) is 11.6. The highest BCUT2D eigenvalue weighted by molar-refractivity contribution is 5.88. The van der Waals surface area contributed by atoms with Gasteiger partial charge >= 0.3 is 0 Å². The van der Waals surface area contributed by atoms with E-state index in [1.165, 1.54) is 6.92 Å². The highest BCUT2D eigenvalue weighted by atomic mass is 16.5. The van der Waals surface area contributed by atoms with Crippen LogP contribution in [-0.4, -0.2) is 25.2 Å². The molecule has 0 saturated heterocycles. The van der Waals surface area contributed by atoms with E-state index in [1.807, 2.05) is 40.6 Å². The Balaban J connectivity index is 1.66. The fourth-order valence-electron chi connectivity index (χ4n) is 2.85. The van der Waals surface area contributed by atoms with Crippen molar-refractivity contribution in [3.8, 4) is 17.1 Å². The standard InChI is InChI=1S/C17H17N5O2/c1-11(23)19-13-4-3-12-8-22-14(9-24-17(12)5-13)6-15(20-22)16-7-18-10-21(16)2/h3-7,10H,8-9H2,1-2H3,(H,19,23). The Morgan fingerprint density at radius 2 is 2.21 bits per heavy atom. The molecule has 1 aliphatic heterocycles. The smallest absolute Gasteiger partial charge is 0.221 e. The summed E-state index contributed by atoms with van der Waals surface area (Å²) in [6, 6.07) is 7.71. The number of carbonyl (C=O) groups excluding carboxylic acids is 1. The van der Waals surface area contributed by atoms with E-state index in [0.717, 1.165) is 34.1 Å². The average molecular weight is 323 g/mol. The minimum atomic E-state index is -0.0997. The Hall–Kier alpha value is -3.09. The Kier molecular flexibility index (Phi) is 3.34. The van der Waals surface area contributed by atoms with Crippen molar-refractivity contribution >= 4 is 11.6 Å². The summed E-state index contributed by atoms with van der Waals surface area (Å²) in [6.45, 7) is 2.55. The SMILES string of the molecule is CC(=O)Nc1ccc2c(c1)OCc1cc(-c3cncn3C)nn1C2. The fourth-order valence-corrected chi connectivity index (χ4v) is 2.85. The number of benzene rings is 1. The van der Waals surface area contributed by atoms with Gasteiger partial charge < -0.3 is 14.6 Å². The van der Waals surface area contributed by atoms with Gasteiger partial charge in [0.05, 0.1) is 30.5 Å². The van der Waals surface area contributed by atoms with Crippen LogP contribution in [0.4, 0.5) is 5.69 Å². The maximum absolute atomic E-state index is 11.2. The van der Waals surface area contributed by atoms with E-state index >= 15 is 0 Å². The lowest BCUT2D eigenvalue weighted by Gasteiger charge is -2.09. The molecule has 122 valence electrons. The second-order valence-corrected chi connectivity index (χ2v) is 5.86. The molecule has 2 aromatic heterocycles. The number of rotatable bonds is 2. The lowest BCUT2D eigenvalue weighted by molar-refractivity contribution is -0.114. The molecule has 0 aliphatic carbocycles. The van der Waals surface area contributed by atoms with Crippen LogP contribution in [0.15, 0.2) is 36.8 Å². The second kappa shape index (κ2) is 5.52. The van der Waals surface area contributed by atoms with Crippen molar-refractivity contribution in [2.45, 2.75) is 20.1 Å². The molecule has 3 aromatic rings. The Bertz CT molecular complexity index is 925. The van der Waals surface area contributed by atoms with Crippen molar-refractivity contribution in [3.63, 3.8) is 0 Å². The number of anilines is 1. The van der Waals surface area contributed by atoms with Crippen molar-refractivity contribution < 1.29 is 9.53 Å². The van der Waals surface area contributed by atoms with Crippen molar-refractivity contribution in [2.75, 3.05) is 5.32 Å².